The van der Waals surface area contributed by atoms with Gasteiger partial charge in [-0.3, -0.25) is 14.4 Å². The summed E-state index contributed by atoms with van der Waals surface area (Å²) in [5.41, 5.74) is 3.50. The summed E-state index contributed by atoms with van der Waals surface area (Å²) in [5, 5.41) is 10.3. The van der Waals surface area contributed by atoms with Crippen molar-refractivity contribution in [1.82, 2.24) is 24.8 Å². The summed E-state index contributed by atoms with van der Waals surface area (Å²) < 4.78 is 11.6. The van der Waals surface area contributed by atoms with Crippen molar-refractivity contribution in [2.24, 2.45) is 5.92 Å². The van der Waals surface area contributed by atoms with Crippen molar-refractivity contribution in [3.63, 3.8) is 0 Å². The van der Waals surface area contributed by atoms with E-state index in [-0.39, 0.29) is 23.4 Å². The quantitative estimate of drug-likeness (QED) is 0.309. The highest BCUT2D eigenvalue weighted by Crippen LogP contribution is 2.31. The van der Waals surface area contributed by atoms with Crippen LogP contribution in [-0.4, -0.2) is 62.8 Å². The van der Waals surface area contributed by atoms with Gasteiger partial charge in [0.15, 0.2) is 5.82 Å². The Hall–Kier alpha value is -4.48. The second kappa shape index (κ2) is 11.5. The molecule has 1 aliphatic rings. The summed E-state index contributed by atoms with van der Waals surface area (Å²) in [7, 11) is 0. The van der Waals surface area contributed by atoms with Gasteiger partial charge in [0.2, 0.25) is 6.79 Å². The molecule has 0 unspecified atom stereocenters. The molecule has 3 amide bonds. The summed E-state index contributed by atoms with van der Waals surface area (Å²) in [5.74, 6) is -1.14. The fraction of sp³-hybridized carbons (Fsp3) is 0.407. The number of amides is 3. The van der Waals surface area contributed by atoms with Crippen LogP contribution in [0, 0.1) is 19.8 Å². The topological polar surface area (TPSA) is 144 Å². The number of imide groups is 1. The van der Waals surface area contributed by atoms with Gasteiger partial charge in [0, 0.05) is 30.0 Å². The van der Waals surface area contributed by atoms with Crippen LogP contribution in [0.4, 0.5) is 16.3 Å². The normalized spacial score (nSPS) is 12.8. The molecule has 12 heteroatoms. The van der Waals surface area contributed by atoms with Crippen LogP contribution in [0.25, 0.3) is 5.52 Å². The predicted octanol–water partition coefficient (Wildman–Crippen LogP) is 3.74. The van der Waals surface area contributed by atoms with Gasteiger partial charge in [0.05, 0.1) is 11.5 Å². The zero-order valence-electron chi connectivity index (χ0n) is 22.6. The number of hydrogen-bond acceptors (Lipinski definition) is 9. The van der Waals surface area contributed by atoms with E-state index in [2.05, 4.69) is 20.7 Å². The third kappa shape index (κ3) is 6.00. The monoisotopic (exact) mass is 536 g/mol. The molecule has 0 bridgehead atoms. The third-order valence-electron chi connectivity index (χ3n) is 6.33. The van der Waals surface area contributed by atoms with Crippen LogP contribution in [0.5, 0.6) is 0 Å². The maximum Gasteiger partial charge on any atom is 0.419 e. The molecule has 1 saturated carbocycles. The molecule has 0 spiro atoms. The SMILES string of the molecule is CCNC(=O)c1cn2ncnc(Nc3cc(C(=O)N(C(=O)OCOC(=O)C(C)C)C4CC4)ccc3C)c2c1C. The zero-order valence-corrected chi connectivity index (χ0v) is 22.6. The average Bonchev–Trinajstić information content (AvgIpc) is 3.67. The summed E-state index contributed by atoms with van der Waals surface area (Å²) in [6, 6.07) is 4.76. The van der Waals surface area contributed by atoms with E-state index in [1.54, 1.807) is 42.8 Å². The smallest absolute Gasteiger partial charge is 0.419 e. The molecule has 2 N–H and O–H groups in total. The van der Waals surface area contributed by atoms with Gasteiger partial charge in [-0.05, 0) is 56.9 Å². The summed E-state index contributed by atoms with van der Waals surface area (Å²) in [6.07, 6.45) is 3.49. The molecular formula is C27H32N6O6. The Kier molecular flexibility index (Phi) is 8.12. The molecule has 206 valence electrons. The van der Waals surface area contributed by atoms with Gasteiger partial charge in [-0.25, -0.2) is 19.2 Å². The Morgan fingerprint density at radius 1 is 1.15 bits per heavy atom. The van der Waals surface area contributed by atoms with Gasteiger partial charge in [-0.1, -0.05) is 19.9 Å². The average molecular weight is 537 g/mol. The fourth-order valence-corrected chi connectivity index (χ4v) is 4.00. The lowest BCUT2D eigenvalue weighted by atomic mass is 10.1. The number of hydrogen-bond donors (Lipinski definition) is 2. The first-order valence-corrected chi connectivity index (χ1v) is 12.8. The van der Waals surface area contributed by atoms with Gasteiger partial charge in [-0.15, -0.1) is 0 Å². The highest BCUT2D eigenvalue weighted by atomic mass is 16.7. The van der Waals surface area contributed by atoms with E-state index < -0.39 is 24.8 Å². The number of fused-ring (bicyclic) bond motifs is 1. The van der Waals surface area contributed by atoms with Crippen molar-refractivity contribution in [3.8, 4) is 0 Å². The summed E-state index contributed by atoms with van der Waals surface area (Å²) in [6.45, 7) is 8.80. The van der Waals surface area contributed by atoms with E-state index in [9.17, 15) is 19.2 Å². The third-order valence-corrected chi connectivity index (χ3v) is 6.33. The van der Waals surface area contributed by atoms with Crippen LogP contribution in [-0.2, 0) is 14.3 Å². The summed E-state index contributed by atoms with van der Waals surface area (Å²) >= 11 is 0. The van der Waals surface area contributed by atoms with Crippen molar-refractivity contribution < 1.29 is 28.7 Å². The Labute approximate surface area is 225 Å². The van der Waals surface area contributed by atoms with Crippen LogP contribution < -0.4 is 10.6 Å². The number of esters is 1. The number of anilines is 2. The second-order valence-corrected chi connectivity index (χ2v) is 9.64. The molecular weight excluding hydrogens is 504 g/mol. The summed E-state index contributed by atoms with van der Waals surface area (Å²) in [4.78, 5) is 55.7. The first kappa shape index (κ1) is 27.6. The maximum absolute atomic E-state index is 13.4. The van der Waals surface area contributed by atoms with Crippen LogP contribution in [0.15, 0.2) is 30.7 Å². The van der Waals surface area contributed by atoms with Crippen molar-refractivity contribution >= 4 is 40.9 Å². The Morgan fingerprint density at radius 2 is 1.90 bits per heavy atom. The van der Waals surface area contributed by atoms with E-state index in [0.717, 1.165) is 10.5 Å². The van der Waals surface area contributed by atoms with E-state index in [1.807, 2.05) is 20.8 Å². The molecule has 0 radical (unpaired) electrons. The van der Waals surface area contributed by atoms with Gasteiger partial charge in [-0.2, -0.15) is 5.10 Å². The Morgan fingerprint density at radius 3 is 2.56 bits per heavy atom. The fourth-order valence-electron chi connectivity index (χ4n) is 4.00. The van der Waals surface area contributed by atoms with Gasteiger partial charge in [0.1, 0.15) is 11.8 Å². The lowest BCUT2D eigenvalue weighted by Gasteiger charge is -2.21. The minimum atomic E-state index is -0.867. The lowest BCUT2D eigenvalue weighted by molar-refractivity contribution is -0.156. The minimum Gasteiger partial charge on any atom is -0.428 e. The molecule has 3 aromatic rings. The van der Waals surface area contributed by atoms with Gasteiger partial charge >= 0.3 is 12.1 Å². The molecule has 4 rings (SSSR count). The number of carbonyl (C=O) groups excluding carboxylic acids is 4. The number of ether oxygens (including phenoxy) is 2. The molecule has 0 aliphatic heterocycles. The Bertz CT molecular complexity index is 1430. The molecule has 0 atom stereocenters. The van der Waals surface area contributed by atoms with Crippen molar-refractivity contribution in [3.05, 3.63) is 53.0 Å². The van der Waals surface area contributed by atoms with Crippen LogP contribution in [0.1, 0.15) is 65.5 Å². The molecule has 1 aliphatic carbocycles. The first-order valence-electron chi connectivity index (χ1n) is 12.8. The Balaban J connectivity index is 1.57. The standard InChI is InChI=1S/C27H32N6O6/c1-6-28-24(34)20-12-32-22(17(20)5)23(29-13-30-32)31-21-11-18(8-7-16(21)4)25(35)33(19-9-10-19)27(37)39-14-38-26(36)15(2)3/h7-8,11-13,15,19H,6,9-10,14H2,1-5H3,(H,28,34)(H,29,30,31). The first-order chi connectivity index (χ1) is 18.6. The van der Waals surface area contributed by atoms with Crippen LogP contribution >= 0.6 is 0 Å². The minimum absolute atomic E-state index is 0.207. The molecule has 1 fully saturated rings. The maximum atomic E-state index is 13.4. The van der Waals surface area contributed by atoms with E-state index in [4.69, 9.17) is 9.47 Å². The molecule has 2 heterocycles. The van der Waals surface area contributed by atoms with Crippen molar-refractivity contribution in [2.45, 2.75) is 53.5 Å². The number of nitrogens with zero attached hydrogens (tertiary/aromatic N) is 4. The number of benzene rings is 1. The molecule has 12 nitrogen and oxygen atoms in total. The highest BCUT2D eigenvalue weighted by Gasteiger charge is 2.39. The van der Waals surface area contributed by atoms with Crippen LogP contribution in [0.3, 0.4) is 0 Å². The van der Waals surface area contributed by atoms with E-state index in [0.29, 0.717) is 47.5 Å². The number of aryl methyl sites for hydroxylation is 2. The van der Waals surface area contributed by atoms with E-state index >= 15 is 0 Å². The van der Waals surface area contributed by atoms with Crippen LogP contribution in [0.2, 0.25) is 0 Å². The zero-order chi connectivity index (χ0) is 28.3. The van der Waals surface area contributed by atoms with Gasteiger partial charge < -0.3 is 20.1 Å². The molecule has 1 aromatic carbocycles. The lowest BCUT2D eigenvalue weighted by Crippen LogP contribution is -2.39. The van der Waals surface area contributed by atoms with Crippen molar-refractivity contribution in [1.29, 1.82) is 0 Å². The van der Waals surface area contributed by atoms with Crippen molar-refractivity contribution in [2.75, 3.05) is 18.7 Å². The molecule has 0 saturated heterocycles. The predicted molar refractivity (Wildman–Crippen MR) is 142 cm³/mol. The molecule has 2 aromatic heterocycles. The highest BCUT2D eigenvalue weighted by molar-refractivity contribution is 6.04. The number of carbonyl (C=O) groups is 4. The number of rotatable bonds is 9. The van der Waals surface area contributed by atoms with Gasteiger partial charge in [0.25, 0.3) is 11.8 Å². The number of nitrogens with one attached hydrogen (secondary N) is 2. The number of aromatic nitrogens is 3. The molecule has 39 heavy (non-hydrogen) atoms. The van der Waals surface area contributed by atoms with E-state index in [1.165, 1.54) is 6.33 Å². The largest absolute Gasteiger partial charge is 0.428 e. The second-order valence-electron chi connectivity index (χ2n) is 9.64.